The highest BCUT2D eigenvalue weighted by molar-refractivity contribution is 7.09. The van der Waals surface area contributed by atoms with Crippen LogP contribution in [0.1, 0.15) is 38.6 Å². The summed E-state index contributed by atoms with van der Waals surface area (Å²) in [6, 6.07) is 4.61. The van der Waals surface area contributed by atoms with Crippen molar-refractivity contribution in [1.29, 1.82) is 0 Å². The zero-order valence-electron chi connectivity index (χ0n) is 10.2. The molecule has 2 aromatic rings. The van der Waals surface area contributed by atoms with Gasteiger partial charge in [0.25, 0.3) is 11.8 Å². The molecule has 5 nitrogen and oxygen atoms in total. The number of anilines is 1. The van der Waals surface area contributed by atoms with E-state index in [1.807, 2.05) is 6.92 Å². The second-order valence-corrected chi connectivity index (χ2v) is 5.25. The van der Waals surface area contributed by atoms with Crippen LogP contribution in [0.15, 0.2) is 29.9 Å². The van der Waals surface area contributed by atoms with Gasteiger partial charge in [-0.3, -0.25) is 19.5 Å². The fourth-order valence-electron chi connectivity index (χ4n) is 2.24. The summed E-state index contributed by atoms with van der Waals surface area (Å²) in [6.45, 7) is 1.81. The van der Waals surface area contributed by atoms with E-state index in [2.05, 4.69) is 4.98 Å². The van der Waals surface area contributed by atoms with E-state index in [1.54, 1.807) is 29.9 Å². The lowest BCUT2D eigenvalue weighted by Crippen LogP contribution is -2.32. The molecule has 2 amide bonds. The Morgan fingerprint density at radius 1 is 1.32 bits per heavy atom. The highest BCUT2D eigenvalue weighted by Gasteiger charge is 2.40. The summed E-state index contributed by atoms with van der Waals surface area (Å²) in [6.07, 6.45) is 1.67. The Kier molecular flexibility index (Phi) is 2.60. The van der Waals surface area contributed by atoms with E-state index in [0.29, 0.717) is 16.8 Å². The Morgan fingerprint density at radius 2 is 2.11 bits per heavy atom. The molecule has 2 N–H and O–H groups in total. The van der Waals surface area contributed by atoms with Gasteiger partial charge in [0.05, 0.1) is 22.7 Å². The third-order valence-corrected chi connectivity index (χ3v) is 4.17. The number of rotatable bonds is 2. The zero-order valence-corrected chi connectivity index (χ0v) is 11.0. The van der Waals surface area contributed by atoms with Gasteiger partial charge in [-0.15, -0.1) is 11.3 Å². The first-order chi connectivity index (χ1) is 9.11. The summed E-state index contributed by atoms with van der Waals surface area (Å²) in [5.41, 5.74) is 8.50. The Bertz CT molecular complexity index is 667. The summed E-state index contributed by atoms with van der Waals surface area (Å²) in [5, 5.41) is 0. The highest BCUT2D eigenvalue weighted by atomic mass is 32.1. The minimum atomic E-state index is -0.334. The monoisotopic (exact) mass is 273 g/mol. The van der Waals surface area contributed by atoms with Gasteiger partial charge in [-0.25, -0.2) is 0 Å². The third kappa shape index (κ3) is 1.64. The normalized spacial score (nSPS) is 15.7. The number of benzene rings is 1. The Balaban J connectivity index is 2.06. The molecule has 0 aliphatic carbocycles. The SMILES string of the molecule is CC(c1cncs1)N1C(=O)c2cccc(N)c2C1=O. The van der Waals surface area contributed by atoms with Crippen molar-refractivity contribution in [2.75, 3.05) is 5.73 Å². The molecule has 0 spiro atoms. The van der Waals surface area contributed by atoms with E-state index in [1.165, 1.54) is 16.2 Å². The van der Waals surface area contributed by atoms with Crippen LogP contribution in [0.5, 0.6) is 0 Å². The molecule has 1 atom stereocenters. The number of imide groups is 1. The van der Waals surface area contributed by atoms with Crippen LogP contribution in [0, 0.1) is 0 Å². The fraction of sp³-hybridized carbons (Fsp3) is 0.154. The van der Waals surface area contributed by atoms with Gasteiger partial charge >= 0.3 is 0 Å². The molecule has 2 heterocycles. The van der Waals surface area contributed by atoms with E-state index in [-0.39, 0.29) is 17.9 Å². The predicted molar refractivity (Wildman–Crippen MR) is 71.9 cm³/mol. The molecule has 0 saturated heterocycles. The van der Waals surface area contributed by atoms with Gasteiger partial charge in [0, 0.05) is 16.8 Å². The quantitative estimate of drug-likeness (QED) is 0.671. The van der Waals surface area contributed by atoms with Gasteiger partial charge in [0.15, 0.2) is 0 Å². The topological polar surface area (TPSA) is 76.3 Å². The first kappa shape index (κ1) is 11.9. The lowest BCUT2D eigenvalue weighted by molar-refractivity contribution is 0.0598. The maximum Gasteiger partial charge on any atom is 0.264 e. The van der Waals surface area contributed by atoms with E-state index in [9.17, 15) is 9.59 Å². The van der Waals surface area contributed by atoms with Crippen molar-refractivity contribution in [2.45, 2.75) is 13.0 Å². The average molecular weight is 273 g/mol. The first-order valence-corrected chi connectivity index (χ1v) is 6.64. The largest absolute Gasteiger partial charge is 0.398 e. The molecule has 0 saturated carbocycles. The molecular formula is C13H11N3O2S. The number of hydrogen-bond acceptors (Lipinski definition) is 5. The standard InChI is InChI=1S/C13H11N3O2S/c1-7(10-5-15-6-19-10)16-12(17)8-3-2-4-9(14)11(8)13(16)18/h2-7H,14H2,1H3. The Morgan fingerprint density at radius 3 is 2.74 bits per heavy atom. The number of hydrogen-bond donors (Lipinski definition) is 1. The van der Waals surface area contributed by atoms with Crippen LogP contribution in [-0.2, 0) is 0 Å². The van der Waals surface area contributed by atoms with Crippen molar-refractivity contribution in [1.82, 2.24) is 9.88 Å². The second kappa shape index (κ2) is 4.17. The van der Waals surface area contributed by atoms with Crippen LogP contribution in [0.2, 0.25) is 0 Å². The minimum absolute atomic E-state index is 0.298. The van der Waals surface area contributed by atoms with Crippen molar-refractivity contribution in [3.8, 4) is 0 Å². The molecule has 19 heavy (non-hydrogen) atoms. The summed E-state index contributed by atoms with van der Waals surface area (Å²) in [7, 11) is 0. The number of fused-ring (bicyclic) bond motifs is 1. The smallest absolute Gasteiger partial charge is 0.264 e. The van der Waals surface area contributed by atoms with Crippen molar-refractivity contribution in [3.05, 3.63) is 45.9 Å². The van der Waals surface area contributed by atoms with Crippen molar-refractivity contribution in [2.24, 2.45) is 0 Å². The molecule has 96 valence electrons. The van der Waals surface area contributed by atoms with Gasteiger partial charge in [0.1, 0.15) is 0 Å². The van der Waals surface area contributed by atoms with Crippen molar-refractivity contribution < 1.29 is 9.59 Å². The van der Waals surface area contributed by atoms with E-state index in [0.717, 1.165) is 4.88 Å². The molecule has 1 aromatic carbocycles. The fourth-order valence-corrected chi connectivity index (χ4v) is 2.91. The Hall–Kier alpha value is -2.21. The van der Waals surface area contributed by atoms with Crippen molar-refractivity contribution >= 4 is 28.8 Å². The second-order valence-electron chi connectivity index (χ2n) is 4.33. The summed E-state index contributed by atoms with van der Waals surface area (Å²) in [4.78, 5) is 30.8. The number of nitrogens with zero attached hydrogens (tertiary/aromatic N) is 2. The number of carbonyl (C=O) groups excluding carboxylic acids is 2. The number of nitrogens with two attached hydrogens (primary N) is 1. The van der Waals surface area contributed by atoms with Crippen LogP contribution < -0.4 is 5.73 Å². The van der Waals surface area contributed by atoms with Gasteiger partial charge < -0.3 is 5.73 Å². The number of aromatic nitrogens is 1. The molecule has 0 radical (unpaired) electrons. The molecule has 6 heteroatoms. The van der Waals surface area contributed by atoms with Gasteiger partial charge in [-0.2, -0.15) is 0 Å². The number of carbonyl (C=O) groups is 2. The summed E-state index contributed by atoms with van der Waals surface area (Å²) in [5.74, 6) is -0.632. The van der Waals surface area contributed by atoms with Gasteiger partial charge in [-0.1, -0.05) is 6.07 Å². The maximum atomic E-state index is 12.4. The zero-order chi connectivity index (χ0) is 13.6. The maximum absolute atomic E-state index is 12.4. The van der Waals surface area contributed by atoms with Crippen LogP contribution >= 0.6 is 11.3 Å². The molecule has 1 unspecified atom stereocenters. The molecule has 3 rings (SSSR count). The molecule has 0 bridgehead atoms. The molecule has 0 fully saturated rings. The molecular weight excluding hydrogens is 262 g/mol. The van der Waals surface area contributed by atoms with E-state index >= 15 is 0 Å². The third-order valence-electron chi connectivity index (χ3n) is 3.23. The lowest BCUT2D eigenvalue weighted by atomic mass is 10.1. The van der Waals surface area contributed by atoms with Crippen LogP contribution in [-0.4, -0.2) is 21.7 Å². The Labute approximate surface area is 113 Å². The molecule has 1 aliphatic heterocycles. The van der Waals surface area contributed by atoms with Crippen LogP contribution in [0.25, 0.3) is 0 Å². The van der Waals surface area contributed by atoms with E-state index in [4.69, 9.17) is 5.73 Å². The van der Waals surface area contributed by atoms with Crippen molar-refractivity contribution in [3.63, 3.8) is 0 Å². The minimum Gasteiger partial charge on any atom is -0.398 e. The van der Waals surface area contributed by atoms with Gasteiger partial charge in [0.2, 0.25) is 0 Å². The predicted octanol–water partition coefficient (Wildman–Crippen LogP) is 2.08. The first-order valence-electron chi connectivity index (χ1n) is 5.76. The average Bonchev–Trinajstić information content (AvgIpc) is 2.98. The molecule has 1 aromatic heterocycles. The summed E-state index contributed by atoms with van der Waals surface area (Å²) < 4.78 is 0. The highest BCUT2D eigenvalue weighted by Crippen LogP contribution is 2.34. The number of amides is 2. The van der Waals surface area contributed by atoms with Crippen LogP contribution in [0.3, 0.4) is 0 Å². The number of thiazole rings is 1. The van der Waals surface area contributed by atoms with Gasteiger partial charge in [-0.05, 0) is 19.1 Å². The summed E-state index contributed by atoms with van der Waals surface area (Å²) >= 11 is 1.42. The van der Waals surface area contributed by atoms with E-state index < -0.39 is 0 Å². The molecule has 1 aliphatic rings. The van der Waals surface area contributed by atoms with Crippen LogP contribution in [0.4, 0.5) is 5.69 Å². The number of nitrogen functional groups attached to an aromatic ring is 1. The lowest BCUT2D eigenvalue weighted by Gasteiger charge is -2.20.